The van der Waals surface area contributed by atoms with Crippen molar-refractivity contribution in [1.82, 2.24) is 0 Å². The molecule has 0 unspecified atom stereocenters. The Morgan fingerprint density at radius 1 is 1.04 bits per heavy atom. The summed E-state index contributed by atoms with van der Waals surface area (Å²) in [6.07, 6.45) is -0.976. The van der Waals surface area contributed by atoms with Crippen LogP contribution in [0, 0.1) is 0 Å². The van der Waals surface area contributed by atoms with Gasteiger partial charge in [-0.2, -0.15) is 0 Å². The van der Waals surface area contributed by atoms with Crippen LogP contribution in [0.3, 0.4) is 0 Å². The van der Waals surface area contributed by atoms with Crippen molar-refractivity contribution in [3.63, 3.8) is 0 Å². The summed E-state index contributed by atoms with van der Waals surface area (Å²) in [5, 5.41) is 3.00. The lowest BCUT2D eigenvalue weighted by Crippen LogP contribution is -2.30. The number of ether oxygens (including phenoxy) is 3. The van der Waals surface area contributed by atoms with Crippen LogP contribution in [0.1, 0.15) is 17.3 Å². The summed E-state index contributed by atoms with van der Waals surface area (Å²) in [6, 6.07) is 11.2. The van der Waals surface area contributed by atoms with E-state index in [1.807, 2.05) is 0 Å². The standard InChI is InChI=1S/C18H18ClNO5/c1-11(25-18(22)12-4-7-14(23-2)8-5-12)17(21)20-13-6-9-16(24-3)15(19)10-13/h4-11H,1-3H3,(H,20,21)/t11-/m1/s1. The van der Waals surface area contributed by atoms with E-state index in [2.05, 4.69) is 5.32 Å². The van der Waals surface area contributed by atoms with Crippen LogP contribution in [0.5, 0.6) is 11.5 Å². The molecule has 7 heteroatoms. The number of nitrogens with one attached hydrogen (secondary N) is 1. The van der Waals surface area contributed by atoms with Crippen LogP contribution in [0.4, 0.5) is 5.69 Å². The minimum Gasteiger partial charge on any atom is -0.497 e. The SMILES string of the molecule is COc1ccc(C(=O)O[C@H](C)C(=O)Nc2ccc(OC)c(Cl)c2)cc1. The monoisotopic (exact) mass is 363 g/mol. The van der Waals surface area contributed by atoms with Crippen molar-refractivity contribution >= 4 is 29.2 Å². The highest BCUT2D eigenvalue weighted by Gasteiger charge is 2.19. The molecular formula is C18H18ClNO5. The van der Waals surface area contributed by atoms with E-state index in [1.165, 1.54) is 21.1 Å². The third-order valence-corrected chi connectivity index (χ3v) is 3.69. The van der Waals surface area contributed by atoms with E-state index in [9.17, 15) is 9.59 Å². The summed E-state index contributed by atoms with van der Waals surface area (Å²) in [6.45, 7) is 1.49. The molecule has 0 aromatic heterocycles. The van der Waals surface area contributed by atoms with Crippen LogP contribution in [0.15, 0.2) is 42.5 Å². The van der Waals surface area contributed by atoms with Gasteiger partial charge < -0.3 is 19.5 Å². The van der Waals surface area contributed by atoms with Crippen molar-refractivity contribution in [1.29, 1.82) is 0 Å². The first-order valence-electron chi connectivity index (χ1n) is 7.44. The highest BCUT2D eigenvalue weighted by atomic mass is 35.5. The molecule has 0 bridgehead atoms. The van der Waals surface area contributed by atoms with Gasteiger partial charge in [0.05, 0.1) is 24.8 Å². The minimum atomic E-state index is -0.976. The van der Waals surface area contributed by atoms with Crippen molar-refractivity contribution in [2.24, 2.45) is 0 Å². The molecule has 0 aliphatic carbocycles. The van der Waals surface area contributed by atoms with Gasteiger partial charge in [-0.05, 0) is 49.4 Å². The van der Waals surface area contributed by atoms with Crippen LogP contribution >= 0.6 is 11.6 Å². The average Bonchev–Trinajstić information content (AvgIpc) is 2.61. The number of hydrogen-bond donors (Lipinski definition) is 1. The number of esters is 1. The molecule has 2 aromatic rings. The van der Waals surface area contributed by atoms with Gasteiger partial charge in [-0.15, -0.1) is 0 Å². The molecule has 132 valence electrons. The predicted molar refractivity (Wildman–Crippen MR) is 94.5 cm³/mol. The fourth-order valence-corrected chi connectivity index (χ4v) is 2.25. The largest absolute Gasteiger partial charge is 0.497 e. The molecule has 0 heterocycles. The molecular weight excluding hydrogens is 346 g/mol. The summed E-state index contributed by atoms with van der Waals surface area (Å²) in [5.41, 5.74) is 0.802. The van der Waals surface area contributed by atoms with Crippen LogP contribution in [-0.2, 0) is 9.53 Å². The Morgan fingerprint density at radius 3 is 2.28 bits per heavy atom. The van der Waals surface area contributed by atoms with Crippen molar-refractivity contribution in [2.75, 3.05) is 19.5 Å². The van der Waals surface area contributed by atoms with E-state index >= 15 is 0 Å². The Kier molecular flexibility index (Phi) is 6.25. The van der Waals surface area contributed by atoms with Crippen molar-refractivity contribution in [2.45, 2.75) is 13.0 Å². The van der Waals surface area contributed by atoms with Crippen molar-refractivity contribution < 1.29 is 23.8 Å². The molecule has 25 heavy (non-hydrogen) atoms. The van der Waals surface area contributed by atoms with Crippen LogP contribution < -0.4 is 14.8 Å². The molecule has 1 N–H and O–H groups in total. The maximum absolute atomic E-state index is 12.2. The summed E-state index contributed by atoms with van der Waals surface area (Å²) < 4.78 is 15.2. The van der Waals surface area contributed by atoms with E-state index < -0.39 is 18.0 Å². The maximum Gasteiger partial charge on any atom is 0.338 e. The highest BCUT2D eigenvalue weighted by molar-refractivity contribution is 6.32. The lowest BCUT2D eigenvalue weighted by Gasteiger charge is -2.14. The maximum atomic E-state index is 12.2. The molecule has 0 radical (unpaired) electrons. The number of carbonyl (C=O) groups excluding carboxylic acids is 2. The number of carbonyl (C=O) groups is 2. The average molecular weight is 364 g/mol. The second-order valence-corrected chi connectivity index (χ2v) is 5.52. The van der Waals surface area contributed by atoms with Crippen LogP contribution in [-0.4, -0.2) is 32.2 Å². The molecule has 0 saturated carbocycles. The number of hydrogen-bond acceptors (Lipinski definition) is 5. The fourth-order valence-electron chi connectivity index (χ4n) is 2.00. The molecule has 2 aromatic carbocycles. The van der Waals surface area contributed by atoms with E-state index in [0.29, 0.717) is 27.8 Å². The van der Waals surface area contributed by atoms with Crippen LogP contribution in [0.25, 0.3) is 0 Å². The second kappa shape index (κ2) is 8.39. The number of methoxy groups -OCH3 is 2. The molecule has 0 aliphatic rings. The molecule has 0 spiro atoms. The van der Waals surface area contributed by atoms with E-state index in [0.717, 1.165) is 0 Å². The van der Waals surface area contributed by atoms with Gasteiger partial charge in [0.15, 0.2) is 6.10 Å². The van der Waals surface area contributed by atoms with E-state index in [-0.39, 0.29) is 0 Å². The van der Waals surface area contributed by atoms with Gasteiger partial charge in [0.1, 0.15) is 11.5 Å². The topological polar surface area (TPSA) is 73.9 Å². The molecule has 0 fully saturated rings. The summed E-state index contributed by atoms with van der Waals surface area (Å²) in [7, 11) is 3.03. The third kappa shape index (κ3) is 4.87. The zero-order chi connectivity index (χ0) is 18.4. The lowest BCUT2D eigenvalue weighted by molar-refractivity contribution is -0.123. The van der Waals surface area contributed by atoms with Gasteiger partial charge in [-0.3, -0.25) is 4.79 Å². The van der Waals surface area contributed by atoms with Gasteiger partial charge in [0.25, 0.3) is 5.91 Å². The first-order chi connectivity index (χ1) is 11.9. The van der Waals surface area contributed by atoms with Gasteiger partial charge in [0, 0.05) is 5.69 Å². The fraction of sp³-hybridized carbons (Fsp3) is 0.222. The summed E-state index contributed by atoms with van der Waals surface area (Å²) in [5.74, 6) is 0.0542. The number of rotatable bonds is 6. The van der Waals surface area contributed by atoms with Gasteiger partial charge in [0.2, 0.25) is 0 Å². The quantitative estimate of drug-likeness (QED) is 0.794. The Labute approximate surface area is 150 Å². The smallest absolute Gasteiger partial charge is 0.338 e. The Hall–Kier alpha value is -2.73. The number of amides is 1. The summed E-state index contributed by atoms with van der Waals surface area (Å²) >= 11 is 6.01. The molecule has 1 amide bonds. The zero-order valence-electron chi connectivity index (χ0n) is 14.0. The first-order valence-corrected chi connectivity index (χ1v) is 7.82. The minimum absolute atomic E-state index is 0.327. The van der Waals surface area contributed by atoms with Gasteiger partial charge >= 0.3 is 5.97 Å². The number of anilines is 1. The normalized spacial score (nSPS) is 11.4. The predicted octanol–water partition coefficient (Wildman–Crippen LogP) is 3.54. The highest BCUT2D eigenvalue weighted by Crippen LogP contribution is 2.27. The Balaban J connectivity index is 1.97. The first kappa shape index (κ1) is 18.6. The molecule has 0 saturated heterocycles. The third-order valence-electron chi connectivity index (χ3n) is 3.40. The van der Waals surface area contributed by atoms with Crippen molar-refractivity contribution in [3.05, 3.63) is 53.1 Å². The Bertz CT molecular complexity index is 761. The van der Waals surface area contributed by atoms with Gasteiger partial charge in [-0.1, -0.05) is 11.6 Å². The van der Waals surface area contributed by atoms with Crippen LogP contribution in [0.2, 0.25) is 5.02 Å². The summed E-state index contributed by atoms with van der Waals surface area (Å²) in [4.78, 5) is 24.2. The lowest BCUT2D eigenvalue weighted by atomic mass is 10.2. The molecule has 0 aliphatic heterocycles. The molecule has 2 rings (SSSR count). The second-order valence-electron chi connectivity index (χ2n) is 5.11. The van der Waals surface area contributed by atoms with E-state index in [1.54, 1.807) is 42.5 Å². The van der Waals surface area contributed by atoms with E-state index in [4.69, 9.17) is 25.8 Å². The van der Waals surface area contributed by atoms with Gasteiger partial charge in [-0.25, -0.2) is 4.79 Å². The number of halogens is 1. The Morgan fingerprint density at radius 2 is 1.72 bits per heavy atom. The zero-order valence-corrected chi connectivity index (χ0v) is 14.8. The number of benzene rings is 2. The van der Waals surface area contributed by atoms with Crippen molar-refractivity contribution in [3.8, 4) is 11.5 Å². The molecule has 6 nitrogen and oxygen atoms in total. The molecule has 1 atom stereocenters.